The predicted octanol–water partition coefficient (Wildman–Crippen LogP) is 2.02. The van der Waals surface area contributed by atoms with E-state index < -0.39 is 35.2 Å². The molecule has 0 fully saturated rings. The first-order valence-corrected chi connectivity index (χ1v) is 9.26. The number of aliphatic carboxylic acids is 1. The largest absolute Gasteiger partial charge is 0.481 e. The van der Waals surface area contributed by atoms with Crippen molar-refractivity contribution in [1.82, 2.24) is 0 Å². The van der Waals surface area contributed by atoms with Gasteiger partial charge in [-0.2, -0.15) is 0 Å². The molecule has 1 heterocycles. The van der Waals surface area contributed by atoms with Crippen LogP contribution in [-0.4, -0.2) is 41.9 Å². The van der Waals surface area contributed by atoms with Crippen LogP contribution in [0.2, 0.25) is 0 Å². The van der Waals surface area contributed by atoms with Crippen molar-refractivity contribution in [2.75, 3.05) is 23.0 Å². The van der Waals surface area contributed by atoms with Gasteiger partial charge >= 0.3 is 5.97 Å². The zero-order valence-electron chi connectivity index (χ0n) is 16.2. The summed E-state index contributed by atoms with van der Waals surface area (Å²) in [7, 11) is 0. The van der Waals surface area contributed by atoms with Crippen LogP contribution in [0.4, 0.5) is 15.8 Å². The Balaban J connectivity index is 2.13. The molecule has 0 saturated carbocycles. The lowest BCUT2D eigenvalue weighted by molar-refractivity contribution is -0.133. The number of hydrogen-bond acceptors (Lipinski definition) is 5. The van der Waals surface area contributed by atoms with E-state index in [9.17, 15) is 28.7 Å². The summed E-state index contributed by atoms with van der Waals surface area (Å²) in [4.78, 5) is 50.9. The Morgan fingerprint density at radius 2 is 1.93 bits per heavy atom. The van der Waals surface area contributed by atoms with Crippen LogP contribution in [0.15, 0.2) is 23.3 Å². The molecule has 1 aliphatic carbocycles. The van der Waals surface area contributed by atoms with E-state index in [4.69, 9.17) is 11.2 Å². The highest BCUT2D eigenvalue weighted by Crippen LogP contribution is 2.38. The second-order valence-corrected chi connectivity index (χ2v) is 6.87. The average molecular weight is 414 g/mol. The van der Waals surface area contributed by atoms with Gasteiger partial charge in [0, 0.05) is 24.1 Å². The number of ether oxygens (including phenoxy) is 1. The van der Waals surface area contributed by atoms with Crippen LogP contribution >= 0.6 is 0 Å². The standard InChI is InChI=1S/C21H19FN2O6/c1-3-8-23-17-10-16(15(22)9-18(17)30-11-19(23)26)24(12(2)25)20(27)13-6-4-5-7-14(13)21(28)29/h1,9-10H,4-8,11H2,2H3,(H,28,29). The van der Waals surface area contributed by atoms with Gasteiger partial charge < -0.3 is 9.84 Å². The Kier molecular flexibility index (Phi) is 5.87. The second-order valence-electron chi connectivity index (χ2n) is 6.87. The van der Waals surface area contributed by atoms with Gasteiger partial charge in [-0.25, -0.2) is 14.1 Å². The second kappa shape index (κ2) is 8.37. The van der Waals surface area contributed by atoms with Crippen molar-refractivity contribution in [2.24, 2.45) is 0 Å². The van der Waals surface area contributed by atoms with Crippen LogP contribution in [-0.2, 0) is 19.2 Å². The van der Waals surface area contributed by atoms with Crippen molar-refractivity contribution in [3.05, 3.63) is 29.1 Å². The molecule has 0 saturated heterocycles. The number of terminal acetylenes is 1. The molecule has 9 heteroatoms. The molecular weight excluding hydrogens is 395 g/mol. The molecule has 2 aliphatic rings. The SMILES string of the molecule is C#CCN1C(=O)COc2cc(F)c(N(C(C)=O)C(=O)C3=C(C(=O)O)CCCC3)cc21. The summed E-state index contributed by atoms with van der Waals surface area (Å²) >= 11 is 0. The van der Waals surface area contributed by atoms with Crippen LogP contribution in [0.1, 0.15) is 32.6 Å². The fourth-order valence-corrected chi connectivity index (χ4v) is 3.58. The number of carbonyl (C=O) groups excluding carboxylic acids is 3. The molecule has 3 amide bonds. The Hall–Kier alpha value is -3.67. The van der Waals surface area contributed by atoms with Crippen molar-refractivity contribution in [3.8, 4) is 18.1 Å². The minimum absolute atomic E-state index is 0.0334. The van der Waals surface area contributed by atoms with E-state index in [0.717, 1.165) is 19.1 Å². The lowest BCUT2D eigenvalue weighted by Gasteiger charge is -2.30. The maximum absolute atomic E-state index is 14.9. The monoisotopic (exact) mass is 414 g/mol. The fourth-order valence-electron chi connectivity index (χ4n) is 3.58. The number of fused-ring (bicyclic) bond motifs is 1. The highest BCUT2D eigenvalue weighted by atomic mass is 19.1. The number of nitrogens with zero attached hydrogens (tertiary/aromatic N) is 2. The highest BCUT2D eigenvalue weighted by molar-refractivity contribution is 6.22. The van der Waals surface area contributed by atoms with Crippen LogP contribution in [0.25, 0.3) is 0 Å². The normalized spacial score (nSPS) is 15.8. The Morgan fingerprint density at radius 3 is 2.53 bits per heavy atom. The Morgan fingerprint density at radius 1 is 1.27 bits per heavy atom. The summed E-state index contributed by atoms with van der Waals surface area (Å²) < 4.78 is 20.1. The van der Waals surface area contributed by atoms with Gasteiger partial charge in [-0.05, 0) is 31.7 Å². The zero-order valence-corrected chi connectivity index (χ0v) is 16.2. The number of benzene rings is 1. The maximum atomic E-state index is 14.9. The van der Waals surface area contributed by atoms with Crippen LogP contribution in [0, 0.1) is 18.2 Å². The molecule has 0 spiro atoms. The van der Waals surface area contributed by atoms with Gasteiger partial charge in [0.15, 0.2) is 12.4 Å². The molecular formula is C21H19FN2O6. The van der Waals surface area contributed by atoms with Gasteiger partial charge in [0.25, 0.3) is 11.8 Å². The molecule has 0 unspecified atom stereocenters. The van der Waals surface area contributed by atoms with E-state index in [1.54, 1.807) is 0 Å². The number of hydrogen-bond donors (Lipinski definition) is 1. The minimum atomic E-state index is -1.24. The van der Waals surface area contributed by atoms with Crippen molar-refractivity contribution in [2.45, 2.75) is 32.6 Å². The van der Waals surface area contributed by atoms with E-state index in [2.05, 4.69) is 5.92 Å². The lowest BCUT2D eigenvalue weighted by atomic mass is 9.90. The molecule has 3 rings (SSSR count). The summed E-state index contributed by atoms with van der Waals surface area (Å²) in [5.41, 5.74) is -0.401. The van der Waals surface area contributed by atoms with E-state index in [0.29, 0.717) is 17.7 Å². The smallest absolute Gasteiger partial charge is 0.332 e. The molecule has 30 heavy (non-hydrogen) atoms. The molecule has 1 aromatic rings. The number of rotatable bonds is 4. The average Bonchev–Trinajstić information content (AvgIpc) is 2.70. The predicted molar refractivity (Wildman–Crippen MR) is 104 cm³/mol. The van der Waals surface area contributed by atoms with Crippen LogP contribution < -0.4 is 14.5 Å². The number of carboxylic acid groups (broad SMARTS) is 1. The van der Waals surface area contributed by atoms with Crippen molar-refractivity contribution >= 4 is 35.1 Å². The number of imide groups is 1. The lowest BCUT2D eigenvalue weighted by Crippen LogP contribution is -2.41. The third-order valence-electron chi connectivity index (χ3n) is 4.96. The molecule has 0 bridgehead atoms. The summed E-state index contributed by atoms with van der Waals surface area (Å²) in [6.45, 7) is 0.641. The van der Waals surface area contributed by atoms with Gasteiger partial charge in [-0.3, -0.25) is 19.3 Å². The first-order valence-electron chi connectivity index (χ1n) is 9.26. The first-order chi connectivity index (χ1) is 14.3. The van der Waals surface area contributed by atoms with Crippen molar-refractivity contribution < 1.29 is 33.4 Å². The molecule has 0 radical (unpaired) electrons. The minimum Gasteiger partial charge on any atom is -0.481 e. The number of carbonyl (C=O) groups is 4. The van der Waals surface area contributed by atoms with E-state index in [-0.39, 0.29) is 48.6 Å². The van der Waals surface area contributed by atoms with Crippen molar-refractivity contribution in [3.63, 3.8) is 0 Å². The summed E-state index contributed by atoms with van der Waals surface area (Å²) in [6.07, 6.45) is 6.84. The van der Waals surface area contributed by atoms with Gasteiger partial charge in [0.1, 0.15) is 5.75 Å². The highest BCUT2D eigenvalue weighted by Gasteiger charge is 2.34. The fraction of sp³-hybridized carbons (Fsp3) is 0.333. The van der Waals surface area contributed by atoms with Gasteiger partial charge in [0.2, 0.25) is 5.91 Å². The van der Waals surface area contributed by atoms with Gasteiger partial charge in [0.05, 0.1) is 17.9 Å². The molecule has 0 atom stereocenters. The van der Waals surface area contributed by atoms with Gasteiger partial charge in [-0.15, -0.1) is 6.42 Å². The quantitative estimate of drug-likeness (QED) is 0.756. The topological polar surface area (TPSA) is 104 Å². The third-order valence-corrected chi connectivity index (χ3v) is 4.96. The summed E-state index contributed by atoms with van der Waals surface area (Å²) in [5, 5.41) is 9.42. The molecule has 8 nitrogen and oxygen atoms in total. The number of anilines is 2. The third kappa shape index (κ3) is 3.76. The Bertz CT molecular complexity index is 1020. The van der Waals surface area contributed by atoms with Crippen molar-refractivity contribution in [1.29, 1.82) is 0 Å². The van der Waals surface area contributed by atoms with E-state index in [1.165, 1.54) is 4.90 Å². The van der Waals surface area contributed by atoms with E-state index >= 15 is 0 Å². The summed E-state index contributed by atoms with van der Waals surface area (Å²) in [6, 6.07) is 2.11. The number of halogens is 1. The number of amides is 3. The number of carboxylic acids is 1. The maximum Gasteiger partial charge on any atom is 0.332 e. The zero-order chi connectivity index (χ0) is 22.0. The molecule has 1 N–H and O–H groups in total. The Labute approximate surface area is 171 Å². The van der Waals surface area contributed by atoms with Gasteiger partial charge in [-0.1, -0.05) is 5.92 Å². The first kappa shape index (κ1) is 21.0. The summed E-state index contributed by atoms with van der Waals surface area (Å²) in [5.74, 6) is -1.96. The van der Waals surface area contributed by atoms with E-state index in [1.807, 2.05) is 0 Å². The molecule has 1 aliphatic heterocycles. The van der Waals surface area contributed by atoms with Crippen LogP contribution in [0.3, 0.4) is 0 Å². The van der Waals surface area contributed by atoms with Crippen LogP contribution in [0.5, 0.6) is 5.75 Å². The molecule has 0 aromatic heterocycles. The molecule has 1 aromatic carbocycles. The molecule has 156 valence electrons.